The molecule has 1 aromatic heterocycles. The van der Waals surface area contributed by atoms with Crippen LogP contribution in [0.3, 0.4) is 0 Å². The van der Waals surface area contributed by atoms with Gasteiger partial charge in [-0.25, -0.2) is 4.98 Å². The molecule has 0 aliphatic carbocycles. The maximum atomic E-state index is 9.30. The molecule has 0 bridgehead atoms. The van der Waals surface area contributed by atoms with Crippen molar-refractivity contribution in [3.05, 3.63) is 41.3 Å². The first-order valence-corrected chi connectivity index (χ1v) is 6.39. The number of nitrogens with zero attached hydrogens (tertiary/aromatic N) is 1. The first kappa shape index (κ1) is 12.8. The Morgan fingerprint density at radius 3 is 2.78 bits per heavy atom. The Kier molecular flexibility index (Phi) is 3.82. The van der Waals surface area contributed by atoms with Gasteiger partial charge in [0.15, 0.2) is 0 Å². The molecule has 0 spiro atoms. The maximum Gasteiger partial charge on any atom is 0.111 e. The number of rotatable bonds is 4. The first-order valence-electron chi connectivity index (χ1n) is 6.39. The standard InChI is InChI=1S/C15H20N2O/c1-4-12(9-18)15-16-8-14(17-15)13-7-10(2)5-6-11(13)3/h5-8,12,18H,4,9H2,1-3H3,(H,16,17). The van der Waals surface area contributed by atoms with Crippen LogP contribution in [0.4, 0.5) is 0 Å². The van der Waals surface area contributed by atoms with Crippen LogP contribution in [0.5, 0.6) is 0 Å². The fourth-order valence-electron chi connectivity index (χ4n) is 2.12. The molecule has 2 N–H and O–H groups in total. The first-order chi connectivity index (χ1) is 8.65. The van der Waals surface area contributed by atoms with Gasteiger partial charge in [-0.3, -0.25) is 0 Å². The lowest BCUT2D eigenvalue weighted by Gasteiger charge is -2.08. The summed E-state index contributed by atoms with van der Waals surface area (Å²) in [5.41, 5.74) is 4.67. The number of nitrogens with one attached hydrogen (secondary N) is 1. The van der Waals surface area contributed by atoms with Gasteiger partial charge in [-0.1, -0.05) is 24.6 Å². The predicted molar refractivity (Wildman–Crippen MR) is 73.6 cm³/mol. The molecule has 2 aromatic rings. The highest BCUT2D eigenvalue weighted by atomic mass is 16.3. The summed E-state index contributed by atoms with van der Waals surface area (Å²) in [6, 6.07) is 6.39. The lowest BCUT2D eigenvalue weighted by atomic mass is 10.0. The van der Waals surface area contributed by atoms with Crippen molar-refractivity contribution >= 4 is 0 Å². The normalized spacial score (nSPS) is 12.7. The number of benzene rings is 1. The van der Waals surface area contributed by atoms with Gasteiger partial charge in [0, 0.05) is 11.5 Å². The molecule has 1 atom stereocenters. The average Bonchev–Trinajstić information content (AvgIpc) is 2.83. The molecule has 3 nitrogen and oxygen atoms in total. The second-order valence-electron chi connectivity index (χ2n) is 4.79. The summed E-state index contributed by atoms with van der Waals surface area (Å²) in [5.74, 6) is 0.972. The largest absolute Gasteiger partial charge is 0.396 e. The zero-order chi connectivity index (χ0) is 13.1. The Hall–Kier alpha value is -1.61. The lowest BCUT2D eigenvalue weighted by molar-refractivity contribution is 0.258. The highest BCUT2D eigenvalue weighted by Crippen LogP contribution is 2.25. The van der Waals surface area contributed by atoms with E-state index < -0.39 is 0 Å². The number of H-pyrrole nitrogens is 1. The van der Waals surface area contributed by atoms with Crippen LogP contribution in [0.25, 0.3) is 11.3 Å². The molecule has 0 fully saturated rings. The van der Waals surface area contributed by atoms with E-state index in [1.54, 1.807) is 0 Å². The number of hydrogen-bond donors (Lipinski definition) is 2. The molecule has 0 aliphatic heterocycles. The minimum Gasteiger partial charge on any atom is -0.396 e. The number of hydrogen-bond acceptors (Lipinski definition) is 2. The molecule has 18 heavy (non-hydrogen) atoms. The van der Waals surface area contributed by atoms with Gasteiger partial charge in [-0.2, -0.15) is 0 Å². The Morgan fingerprint density at radius 1 is 1.33 bits per heavy atom. The fraction of sp³-hybridized carbons (Fsp3) is 0.400. The number of aliphatic hydroxyl groups excluding tert-OH is 1. The molecule has 0 saturated carbocycles. The molecule has 96 valence electrons. The van der Waals surface area contributed by atoms with Crippen molar-refractivity contribution in [1.82, 2.24) is 9.97 Å². The van der Waals surface area contributed by atoms with Crippen LogP contribution in [0.1, 0.15) is 36.2 Å². The SMILES string of the molecule is CCC(CO)c1ncc(-c2cc(C)ccc2C)[nH]1. The number of aromatic amines is 1. The van der Waals surface area contributed by atoms with Crippen LogP contribution in [0.2, 0.25) is 0 Å². The van der Waals surface area contributed by atoms with Gasteiger partial charge < -0.3 is 10.1 Å². The van der Waals surface area contributed by atoms with Gasteiger partial charge in [0.2, 0.25) is 0 Å². The summed E-state index contributed by atoms with van der Waals surface area (Å²) < 4.78 is 0. The highest BCUT2D eigenvalue weighted by molar-refractivity contribution is 5.63. The predicted octanol–water partition coefficient (Wildman–Crippen LogP) is 3.18. The number of imidazole rings is 1. The smallest absolute Gasteiger partial charge is 0.111 e. The summed E-state index contributed by atoms with van der Waals surface area (Å²) in [6.07, 6.45) is 2.74. The Balaban J connectivity index is 2.37. The Bertz CT molecular complexity index is 527. The minimum atomic E-state index is 0.101. The van der Waals surface area contributed by atoms with Gasteiger partial charge in [-0.05, 0) is 31.9 Å². The molecule has 3 heteroatoms. The van der Waals surface area contributed by atoms with Gasteiger partial charge in [0.1, 0.15) is 5.82 Å². The minimum absolute atomic E-state index is 0.101. The van der Waals surface area contributed by atoms with Crippen LogP contribution < -0.4 is 0 Å². The van der Waals surface area contributed by atoms with Gasteiger partial charge >= 0.3 is 0 Å². The van der Waals surface area contributed by atoms with Gasteiger partial charge in [0.05, 0.1) is 18.5 Å². The zero-order valence-corrected chi connectivity index (χ0v) is 11.2. The quantitative estimate of drug-likeness (QED) is 0.867. The van der Waals surface area contributed by atoms with Crippen molar-refractivity contribution in [3.8, 4) is 11.3 Å². The monoisotopic (exact) mass is 244 g/mol. The molecule has 1 unspecified atom stereocenters. The third-order valence-corrected chi connectivity index (χ3v) is 3.38. The Labute approximate surface area is 108 Å². The van der Waals surface area contributed by atoms with Crippen LogP contribution in [0.15, 0.2) is 24.4 Å². The second kappa shape index (κ2) is 5.36. The zero-order valence-electron chi connectivity index (χ0n) is 11.2. The van der Waals surface area contributed by atoms with E-state index in [0.29, 0.717) is 0 Å². The molecular formula is C15H20N2O. The number of aryl methyl sites for hydroxylation is 2. The third kappa shape index (κ3) is 2.46. The van der Waals surface area contributed by atoms with Crippen LogP contribution in [-0.2, 0) is 0 Å². The second-order valence-corrected chi connectivity index (χ2v) is 4.79. The van der Waals surface area contributed by atoms with Crippen molar-refractivity contribution in [2.45, 2.75) is 33.1 Å². The molecule has 0 amide bonds. The van der Waals surface area contributed by atoms with E-state index in [1.165, 1.54) is 16.7 Å². The van der Waals surface area contributed by atoms with Crippen LogP contribution >= 0.6 is 0 Å². The van der Waals surface area contributed by atoms with E-state index in [4.69, 9.17) is 0 Å². The molecule has 1 heterocycles. The van der Waals surface area contributed by atoms with E-state index >= 15 is 0 Å². The highest BCUT2D eigenvalue weighted by Gasteiger charge is 2.13. The van der Waals surface area contributed by atoms with Gasteiger partial charge in [-0.15, -0.1) is 0 Å². The van der Waals surface area contributed by atoms with Crippen molar-refractivity contribution in [1.29, 1.82) is 0 Å². The molecular weight excluding hydrogens is 224 g/mol. The summed E-state index contributed by atoms with van der Waals surface area (Å²) >= 11 is 0. The summed E-state index contributed by atoms with van der Waals surface area (Å²) in [7, 11) is 0. The topological polar surface area (TPSA) is 48.9 Å². The lowest BCUT2D eigenvalue weighted by Crippen LogP contribution is -2.04. The molecule has 2 rings (SSSR count). The number of aromatic nitrogens is 2. The maximum absolute atomic E-state index is 9.30. The number of aliphatic hydroxyl groups is 1. The third-order valence-electron chi connectivity index (χ3n) is 3.38. The van der Waals surface area contributed by atoms with Crippen LogP contribution in [0, 0.1) is 13.8 Å². The van der Waals surface area contributed by atoms with Gasteiger partial charge in [0.25, 0.3) is 0 Å². The summed E-state index contributed by atoms with van der Waals surface area (Å²) in [6.45, 7) is 6.37. The molecule has 0 radical (unpaired) electrons. The summed E-state index contributed by atoms with van der Waals surface area (Å²) in [5, 5.41) is 9.30. The van der Waals surface area contributed by atoms with E-state index in [2.05, 4.69) is 48.9 Å². The average molecular weight is 244 g/mol. The Morgan fingerprint density at radius 2 is 2.11 bits per heavy atom. The summed E-state index contributed by atoms with van der Waals surface area (Å²) in [4.78, 5) is 7.72. The van der Waals surface area contributed by atoms with E-state index in [1.807, 2.05) is 6.20 Å². The van der Waals surface area contributed by atoms with E-state index in [0.717, 1.165) is 17.9 Å². The molecule has 0 saturated heterocycles. The molecule has 0 aliphatic rings. The van der Waals surface area contributed by atoms with Crippen molar-refractivity contribution < 1.29 is 5.11 Å². The van der Waals surface area contributed by atoms with E-state index in [9.17, 15) is 5.11 Å². The van der Waals surface area contributed by atoms with E-state index in [-0.39, 0.29) is 12.5 Å². The molecule has 1 aromatic carbocycles. The van der Waals surface area contributed by atoms with Crippen molar-refractivity contribution in [3.63, 3.8) is 0 Å². The fourth-order valence-corrected chi connectivity index (χ4v) is 2.12. The van der Waals surface area contributed by atoms with Crippen molar-refractivity contribution in [2.75, 3.05) is 6.61 Å². The van der Waals surface area contributed by atoms with Crippen molar-refractivity contribution in [2.24, 2.45) is 0 Å². The van der Waals surface area contributed by atoms with Crippen LogP contribution in [-0.4, -0.2) is 21.7 Å².